The second-order valence-electron chi connectivity index (χ2n) is 6.10. The number of hydrogen-bond acceptors (Lipinski definition) is 4. The Bertz CT molecular complexity index is 379. The van der Waals surface area contributed by atoms with E-state index in [4.69, 9.17) is 4.74 Å². The summed E-state index contributed by atoms with van der Waals surface area (Å²) in [5.41, 5.74) is -1.49. The molecular formula is C13H22N2O4. The molecule has 2 heterocycles. The molecule has 0 saturated carbocycles. The lowest BCUT2D eigenvalue weighted by Gasteiger charge is -2.35. The minimum atomic E-state index is -1.03. The minimum absolute atomic E-state index is 0.0809. The van der Waals surface area contributed by atoms with Crippen LogP contribution in [0, 0.1) is 10.8 Å². The van der Waals surface area contributed by atoms with Gasteiger partial charge in [-0.15, -0.1) is 0 Å². The molecule has 0 aromatic rings. The molecule has 6 nitrogen and oxygen atoms in total. The fourth-order valence-corrected chi connectivity index (χ4v) is 2.67. The molecule has 2 aliphatic rings. The van der Waals surface area contributed by atoms with Crippen LogP contribution in [0.2, 0.25) is 0 Å². The van der Waals surface area contributed by atoms with E-state index in [-0.39, 0.29) is 19.1 Å². The van der Waals surface area contributed by atoms with Crippen molar-refractivity contribution in [2.75, 3.05) is 26.3 Å². The third-order valence-electron chi connectivity index (χ3n) is 4.39. The Hall–Kier alpha value is -1.14. The molecule has 3 atom stereocenters. The molecule has 19 heavy (non-hydrogen) atoms. The summed E-state index contributed by atoms with van der Waals surface area (Å²) < 4.78 is 5.24. The van der Waals surface area contributed by atoms with Gasteiger partial charge in [-0.25, -0.2) is 0 Å². The van der Waals surface area contributed by atoms with E-state index in [1.54, 1.807) is 6.92 Å². The second kappa shape index (κ2) is 5.09. The van der Waals surface area contributed by atoms with Crippen molar-refractivity contribution in [1.82, 2.24) is 10.6 Å². The molecule has 0 spiro atoms. The average molecular weight is 270 g/mol. The zero-order chi connectivity index (χ0) is 14.1. The first-order chi connectivity index (χ1) is 8.88. The first-order valence-corrected chi connectivity index (χ1v) is 6.71. The van der Waals surface area contributed by atoms with E-state index in [1.807, 2.05) is 6.92 Å². The van der Waals surface area contributed by atoms with Gasteiger partial charge in [-0.1, -0.05) is 0 Å². The SMILES string of the molecule is CC1(C(=O)NC2COCC2(C)C(=O)O)CCCNC1. The van der Waals surface area contributed by atoms with E-state index < -0.39 is 22.8 Å². The maximum absolute atomic E-state index is 12.4. The highest BCUT2D eigenvalue weighted by atomic mass is 16.5. The van der Waals surface area contributed by atoms with E-state index in [2.05, 4.69) is 10.6 Å². The van der Waals surface area contributed by atoms with Gasteiger partial charge >= 0.3 is 5.97 Å². The molecule has 2 fully saturated rings. The van der Waals surface area contributed by atoms with Crippen LogP contribution in [0.3, 0.4) is 0 Å². The molecule has 2 saturated heterocycles. The van der Waals surface area contributed by atoms with E-state index in [0.717, 1.165) is 19.4 Å². The summed E-state index contributed by atoms with van der Waals surface area (Å²) in [7, 11) is 0. The van der Waals surface area contributed by atoms with Crippen molar-refractivity contribution in [2.45, 2.75) is 32.7 Å². The minimum Gasteiger partial charge on any atom is -0.481 e. The van der Waals surface area contributed by atoms with Crippen LogP contribution in [0.25, 0.3) is 0 Å². The number of carbonyl (C=O) groups is 2. The number of carboxylic acid groups (broad SMARTS) is 1. The number of carbonyl (C=O) groups excluding carboxylic acids is 1. The average Bonchev–Trinajstić information content (AvgIpc) is 2.73. The Balaban J connectivity index is 2.04. The van der Waals surface area contributed by atoms with Gasteiger partial charge in [0.1, 0.15) is 5.41 Å². The maximum atomic E-state index is 12.4. The van der Waals surface area contributed by atoms with E-state index >= 15 is 0 Å². The molecule has 1 amide bonds. The van der Waals surface area contributed by atoms with Crippen LogP contribution in [-0.4, -0.2) is 49.3 Å². The molecule has 0 aliphatic carbocycles. The molecule has 3 N–H and O–H groups in total. The Labute approximate surface area is 112 Å². The van der Waals surface area contributed by atoms with Crippen molar-refractivity contribution < 1.29 is 19.4 Å². The Morgan fingerprint density at radius 2 is 2.16 bits per heavy atom. The predicted molar refractivity (Wildman–Crippen MR) is 68.7 cm³/mol. The van der Waals surface area contributed by atoms with Crippen LogP contribution in [0.4, 0.5) is 0 Å². The summed E-state index contributed by atoms with van der Waals surface area (Å²) in [6.45, 7) is 5.51. The van der Waals surface area contributed by atoms with Gasteiger partial charge < -0.3 is 20.5 Å². The molecule has 6 heteroatoms. The fraction of sp³-hybridized carbons (Fsp3) is 0.846. The molecule has 0 aromatic carbocycles. The van der Waals surface area contributed by atoms with Gasteiger partial charge in [0, 0.05) is 6.54 Å². The van der Waals surface area contributed by atoms with Gasteiger partial charge in [0.25, 0.3) is 0 Å². The molecule has 0 aromatic heterocycles. The number of carboxylic acids is 1. The summed E-state index contributed by atoms with van der Waals surface area (Å²) in [6, 6.07) is -0.462. The van der Waals surface area contributed by atoms with Gasteiger partial charge in [-0.2, -0.15) is 0 Å². The zero-order valence-corrected chi connectivity index (χ0v) is 11.5. The number of amides is 1. The molecule has 2 aliphatic heterocycles. The van der Waals surface area contributed by atoms with Crippen molar-refractivity contribution in [1.29, 1.82) is 0 Å². The van der Waals surface area contributed by atoms with Gasteiger partial charge in [0.15, 0.2) is 0 Å². The van der Waals surface area contributed by atoms with Crippen LogP contribution in [-0.2, 0) is 14.3 Å². The van der Waals surface area contributed by atoms with Gasteiger partial charge in [0.05, 0.1) is 24.7 Å². The molecule has 0 radical (unpaired) electrons. The summed E-state index contributed by atoms with van der Waals surface area (Å²) in [5.74, 6) is -1.01. The van der Waals surface area contributed by atoms with Crippen LogP contribution in [0.15, 0.2) is 0 Å². The Morgan fingerprint density at radius 1 is 1.42 bits per heavy atom. The summed E-state index contributed by atoms with van der Waals surface area (Å²) >= 11 is 0. The first-order valence-electron chi connectivity index (χ1n) is 6.71. The van der Waals surface area contributed by atoms with Crippen molar-refractivity contribution in [3.8, 4) is 0 Å². The third kappa shape index (κ3) is 2.60. The van der Waals surface area contributed by atoms with E-state index in [0.29, 0.717) is 6.54 Å². The lowest BCUT2D eigenvalue weighted by atomic mass is 9.80. The van der Waals surface area contributed by atoms with E-state index in [9.17, 15) is 14.7 Å². The molecule has 108 valence electrons. The second-order valence-corrected chi connectivity index (χ2v) is 6.10. The monoisotopic (exact) mass is 270 g/mol. The highest BCUT2D eigenvalue weighted by Crippen LogP contribution is 2.31. The Morgan fingerprint density at radius 3 is 2.74 bits per heavy atom. The molecule has 2 rings (SSSR count). The van der Waals surface area contributed by atoms with Gasteiger partial charge in [0.2, 0.25) is 5.91 Å². The van der Waals surface area contributed by atoms with E-state index in [1.165, 1.54) is 0 Å². The maximum Gasteiger partial charge on any atom is 0.313 e. The van der Waals surface area contributed by atoms with Crippen LogP contribution in [0.1, 0.15) is 26.7 Å². The molecule has 3 unspecified atom stereocenters. The zero-order valence-electron chi connectivity index (χ0n) is 11.5. The molecular weight excluding hydrogens is 248 g/mol. The highest BCUT2D eigenvalue weighted by Gasteiger charge is 2.48. The number of hydrogen-bond donors (Lipinski definition) is 3. The summed E-state index contributed by atoms with van der Waals surface area (Å²) in [4.78, 5) is 23.7. The smallest absolute Gasteiger partial charge is 0.313 e. The topological polar surface area (TPSA) is 87.7 Å². The number of piperidine rings is 1. The number of aliphatic carboxylic acids is 1. The molecule has 0 bridgehead atoms. The van der Waals surface area contributed by atoms with Crippen molar-refractivity contribution in [3.05, 3.63) is 0 Å². The van der Waals surface area contributed by atoms with Crippen LogP contribution in [0.5, 0.6) is 0 Å². The lowest BCUT2D eigenvalue weighted by Crippen LogP contribution is -2.56. The van der Waals surface area contributed by atoms with Crippen molar-refractivity contribution in [2.24, 2.45) is 10.8 Å². The first kappa shape index (κ1) is 14.3. The summed E-state index contributed by atoms with van der Waals surface area (Å²) in [6.07, 6.45) is 1.78. The summed E-state index contributed by atoms with van der Waals surface area (Å²) in [5, 5.41) is 15.4. The lowest BCUT2D eigenvalue weighted by molar-refractivity contribution is -0.149. The van der Waals surface area contributed by atoms with Gasteiger partial charge in [-0.05, 0) is 33.2 Å². The van der Waals surface area contributed by atoms with Gasteiger partial charge in [-0.3, -0.25) is 9.59 Å². The van der Waals surface area contributed by atoms with Crippen LogP contribution >= 0.6 is 0 Å². The van der Waals surface area contributed by atoms with Crippen molar-refractivity contribution >= 4 is 11.9 Å². The highest BCUT2D eigenvalue weighted by molar-refractivity contribution is 5.84. The predicted octanol–water partition coefficient (Wildman–Crippen LogP) is -0.0180. The number of nitrogens with one attached hydrogen (secondary N) is 2. The normalized spacial score (nSPS) is 38.9. The number of ether oxygens (including phenoxy) is 1. The largest absolute Gasteiger partial charge is 0.481 e. The third-order valence-corrected chi connectivity index (χ3v) is 4.39. The quantitative estimate of drug-likeness (QED) is 0.671. The van der Waals surface area contributed by atoms with Crippen LogP contribution < -0.4 is 10.6 Å². The Kier molecular flexibility index (Phi) is 3.82. The van der Waals surface area contributed by atoms with Crippen molar-refractivity contribution in [3.63, 3.8) is 0 Å². The fourth-order valence-electron chi connectivity index (χ4n) is 2.67. The standard InChI is InChI=1S/C13H22N2O4/c1-12(4-3-5-14-7-12)10(16)15-9-6-19-8-13(9,2)11(17)18/h9,14H,3-8H2,1-2H3,(H,15,16)(H,17,18). The number of rotatable bonds is 3.